The summed E-state index contributed by atoms with van der Waals surface area (Å²) in [6, 6.07) is 7.49. The van der Waals surface area contributed by atoms with Crippen molar-refractivity contribution in [3.05, 3.63) is 51.8 Å². The van der Waals surface area contributed by atoms with Crippen molar-refractivity contribution in [2.75, 3.05) is 19.8 Å². The lowest BCUT2D eigenvalue weighted by Gasteiger charge is -2.11. The molecule has 1 aliphatic rings. The summed E-state index contributed by atoms with van der Waals surface area (Å²) in [5, 5.41) is 7.79. The molecule has 150 valence electrons. The molecule has 1 aromatic carbocycles. The number of carbonyl (C=O) groups excluding carboxylic acids is 2. The molecule has 0 bridgehead atoms. The van der Waals surface area contributed by atoms with Crippen molar-refractivity contribution >= 4 is 23.5 Å². The first-order valence-corrected chi connectivity index (χ1v) is 9.66. The largest absolute Gasteiger partial charge is 0.452 e. The molecule has 1 saturated heterocycles. The van der Waals surface area contributed by atoms with E-state index in [2.05, 4.69) is 10.4 Å². The van der Waals surface area contributed by atoms with Gasteiger partial charge in [0.25, 0.3) is 5.91 Å². The fraction of sp³-hybridized carbons (Fsp3) is 0.450. The maximum atomic E-state index is 12.5. The number of aromatic nitrogens is 2. The summed E-state index contributed by atoms with van der Waals surface area (Å²) in [6.07, 6.45) is 1.99. The Labute approximate surface area is 169 Å². The van der Waals surface area contributed by atoms with E-state index in [1.807, 2.05) is 24.3 Å². The molecular formula is C20H24ClN3O4. The summed E-state index contributed by atoms with van der Waals surface area (Å²) in [5.41, 5.74) is 2.50. The second-order valence-corrected chi connectivity index (χ2v) is 7.22. The summed E-state index contributed by atoms with van der Waals surface area (Å²) in [6.45, 7) is 4.81. The van der Waals surface area contributed by atoms with E-state index < -0.39 is 5.97 Å². The highest BCUT2D eigenvalue weighted by Crippen LogP contribution is 2.20. The van der Waals surface area contributed by atoms with Crippen molar-refractivity contribution in [3.8, 4) is 0 Å². The second kappa shape index (κ2) is 9.21. The zero-order valence-corrected chi connectivity index (χ0v) is 16.8. The van der Waals surface area contributed by atoms with Gasteiger partial charge in [0.1, 0.15) is 5.56 Å². The van der Waals surface area contributed by atoms with Gasteiger partial charge in [-0.15, -0.1) is 0 Å². The number of esters is 1. The van der Waals surface area contributed by atoms with Gasteiger partial charge in [0.05, 0.1) is 24.0 Å². The summed E-state index contributed by atoms with van der Waals surface area (Å²) in [7, 11) is 0. The lowest BCUT2D eigenvalue weighted by atomic mass is 10.2. The van der Waals surface area contributed by atoms with Crippen LogP contribution >= 0.6 is 11.6 Å². The van der Waals surface area contributed by atoms with Crippen molar-refractivity contribution in [2.45, 2.75) is 39.3 Å². The fourth-order valence-corrected chi connectivity index (χ4v) is 3.42. The molecule has 8 heteroatoms. The predicted octanol–water partition coefficient (Wildman–Crippen LogP) is 2.65. The van der Waals surface area contributed by atoms with Gasteiger partial charge in [-0.3, -0.25) is 9.48 Å². The average molecular weight is 406 g/mol. The molecule has 0 aliphatic carbocycles. The molecule has 1 unspecified atom stereocenters. The molecule has 1 aromatic heterocycles. The molecular weight excluding hydrogens is 382 g/mol. The van der Waals surface area contributed by atoms with Crippen LogP contribution in [-0.2, 0) is 20.8 Å². The molecule has 3 rings (SSSR count). The summed E-state index contributed by atoms with van der Waals surface area (Å²) in [4.78, 5) is 24.4. The number of carbonyl (C=O) groups is 2. The van der Waals surface area contributed by atoms with E-state index in [4.69, 9.17) is 21.1 Å². The van der Waals surface area contributed by atoms with Gasteiger partial charge in [-0.05, 0) is 38.3 Å². The highest BCUT2D eigenvalue weighted by molar-refractivity contribution is 6.31. The number of benzene rings is 1. The Kier molecular flexibility index (Phi) is 6.70. The number of nitrogens with zero attached hydrogens (tertiary/aromatic N) is 2. The molecule has 1 aliphatic heterocycles. The predicted molar refractivity (Wildman–Crippen MR) is 105 cm³/mol. The first kappa shape index (κ1) is 20.4. The second-order valence-electron chi connectivity index (χ2n) is 6.81. The minimum absolute atomic E-state index is 0.0483. The van der Waals surface area contributed by atoms with Crippen LogP contribution in [0.5, 0.6) is 0 Å². The molecule has 1 N–H and O–H groups in total. The Bertz CT molecular complexity index is 859. The summed E-state index contributed by atoms with van der Waals surface area (Å²) < 4.78 is 12.3. The number of rotatable bonds is 7. The lowest BCUT2D eigenvalue weighted by Crippen LogP contribution is -2.34. The highest BCUT2D eigenvalue weighted by Gasteiger charge is 2.22. The number of halogens is 1. The molecule has 28 heavy (non-hydrogen) atoms. The SMILES string of the molecule is Cc1nn(Cc2ccccc2Cl)c(C)c1C(=O)OCC(=O)NCC1CCCO1. The van der Waals surface area contributed by atoms with Crippen LogP contribution in [0.2, 0.25) is 5.02 Å². The molecule has 0 radical (unpaired) electrons. The summed E-state index contributed by atoms with van der Waals surface area (Å²) >= 11 is 6.21. The number of hydrogen-bond acceptors (Lipinski definition) is 5. The molecule has 2 aromatic rings. The quantitative estimate of drug-likeness (QED) is 0.716. The Morgan fingerprint density at radius 1 is 1.36 bits per heavy atom. The van der Waals surface area contributed by atoms with Crippen molar-refractivity contribution < 1.29 is 19.1 Å². The van der Waals surface area contributed by atoms with Crippen LogP contribution in [0.4, 0.5) is 0 Å². The van der Waals surface area contributed by atoms with E-state index in [1.165, 1.54) is 0 Å². The van der Waals surface area contributed by atoms with Crippen LogP contribution in [-0.4, -0.2) is 47.5 Å². The first-order valence-electron chi connectivity index (χ1n) is 9.28. The Balaban J connectivity index is 1.58. The van der Waals surface area contributed by atoms with E-state index >= 15 is 0 Å². The molecule has 2 heterocycles. The van der Waals surface area contributed by atoms with Crippen molar-refractivity contribution in [2.24, 2.45) is 0 Å². The third-order valence-electron chi connectivity index (χ3n) is 4.75. The third kappa shape index (κ3) is 4.91. The average Bonchev–Trinajstić information content (AvgIpc) is 3.28. The molecule has 7 nitrogen and oxygen atoms in total. The van der Waals surface area contributed by atoms with Gasteiger partial charge < -0.3 is 14.8 Å². The summed E-state index contributed by atoms with van der Waals surface area (Å²) in [5.74, 6) is -0.907. The van der Waals surface area contributed by atoms with E-state index in [0.29, 0.717) is 35.1 Å². The number of nitrogens with one attached hydrogen (secondary N) is 1. The highest BCUT2D eigenvalue weighted by atomic mass is 35.5. The van der Waals surface area contributed by atoms with Gasteiger partial charge in [-0.2, -0.15) is 5.10 Å². The van der Waals surface area contributed by atoms with Crippen LogP contribution < -0.4 is 5.32 Å². The minimum Gasteiger partial charge on any atom is -0.452 e. The fourth-order valence-electron chi connectivity index (χ4n) is 3.22. The first-order chi connectivity index (χ1) is 13.5. The van der Waals surface area contributed by atoms with E-state index in [1.54, 1.807) is 18.5 Å². The van der Waals surface area contributed by atoms with Gasteiger partial charge in [-0.1, -0.05) is 29.8 Å². The molecule has 1 fully saturated rings. The monoisotopic (exact) mass is 405 g/mol. The van der Waals surface area contributed by atoms with E-state index in [0.717, 1.165) is 25.0 Å². The zero-order chi connectivity index (χ0) is 20.1. The normalized spacial score (nSPS) is 16.2. The molecule has 0 spiro atoms. The zero-order valence-electron chi connectivity index (χ0n) is 16.0. The van der Waals surface area contributed by atoms with Gasteiger partial charge in [0.2, 0.25) is 0 Å². The molecule has 0 saturated carbocycles. The molecule has 1 atom stereocenters. The van der Waals surface area contributed by atoms with Crippen LogP contribution in [0.15, 0.2) is 24.3 Å². The number of amides is 1. The van der Waals surface area contributed by atoms with Crippen LogP contribution in [0.25, 0.3) is 0 Å². The Hall–Kier alpha value is -2.38. The van der Waals surface area contributed by atoms with Crippen LogP contribution in [0.3, 0.4) is 0 Å². The van der Waals surface area contributed by atoms with Crippen molar-refractivity contribution in [1.82, 2.24) is 15.1 Å². The Morgan fingerprint density at radius 2 is 2.14 bits per heavy atom. The van der Waals surface area contributed by atoms with E-state index in [9.17, 15) is 9.59 Å². The van der Waals surface area contributed by atoms with Crippen LogP contribution in [0.1, 0.15) is 40.2 Å². The minimum atomic E-state index is -0.562. The number of hydrogen-bond donors (Lipinski definition) is 1. The van der Waals surface area contributed by atoms with Gasteiger partial charge in [0, 0.05) is 18.2 Å². The van der Waals surface area contributed by atoms with Gasteiger partial charge in [0.15, 0.2) is 6.61 Å². The van der Waals surface area contributed by atoms with Crippen molar-refractivity contribution in [1.29, 1.82) is 0 Å². The Morgan fingerprint density at radius 3 is 2.86 bits per heavy atom. The molecule has 1 amide bonds. The lowest BCUT2D eigenvalue weighted by molar-refractivity contribution is -0.124. The van der Waals surface area contributed by atoms with Gasteiger partial charge >= 0.3 is 5.97 Å². The maximum absolute atomic E-state index is 12.5. The van der Waals surface area contributed by atoms with Gasteiger partial charge in [-0.25, -0.2) is 4.79 Å². The smallest absolute Gasteiger partial charge is 0.342 e. The number of ether oxygens (including phenoxy) is 2. The van der Waals surface area contributed by atoms with Crippen LogP contribution in [0, 0.1) is 13.8 Å². The third-order valence-corrected chi connectivity index (χ3v) is 5.12. The maximum Gasteiger partial charge on any atom is 0.342 e. The standard InChI is InChI=1S/C20H24ClN3O4/c1-13-19(14(2)24(23-13)11-15-6-3-4-8-17(15)21)20(26)28-12-18(25)22-10-16-7-5-9-27-16/h3-4,6,8,16H,5,7,9-12H2,1-2H3,(H,22,25). The number of aryl methyl sites for hydroxylation is 1. The topological polar surface area (TPSA) is 82.5 Å². The van der Waals surface area contributed by atoms with E-state index in [-0.39, 0.29) is 18.6 Å². The van der Waals surface area contributed by atoms with Crippen molar-refractivity contribution in [3.63, 3.8) is 0 Å².